The van der Waals surface area contributed by atoms with E-state index in [0.717, 1.165) is 10.7 Å². The van der Waals surface area contributed by atoms with Crippen molar-refractivity contribution in [1.29, 1.82) is 0 Å². The van der Waals surface area contributed by atoms with Gasteiger partial charge in [-0.3, -0.25) is 9.78 Å². The summed E-state index contributed by atoms with van der Waals surface area (Å²) in [6.07, 6.45) is -4.29. The Kier molecular flexibility index (Phi) is 5.89. The third kappa shape index (κ3) is 4.32. The highest BCUT2D eigenvalue weighted by molar-refractivity contribution is 7.99. The molecule has 2 aromatic heterocycles. The first-order valence-electron chi connectivity index (χ1n) is 7.30. The Bertz CT molecular complexity index is 839. The molecule has 0 aliphatic heterocycles. The van der Waals surface area contributed by atoms with Gasteiger partial charge in [0.2, 0.25) is 11.3 Å². The lowest BCUT2D eigenvalue weighted by Gasteiger charge is -2.20. The molecular formula is C15H14F5N3O2S. The molecule has 0 fully saturated rings. The van der Waals surface area contributed by atoms with E-state index in [0.29, 0.717) is 16.3 Å². The molecule has 2 rings (SSSR count). The minimum Gasteiger partial charge on any atom is -0.471 e. The van der Waals surface area contributed by atoms with Crippen molar-refractivity contribution < 1.29 is 26.7 Å². The number of hydrogen-bond acceptors (Lipinski definition) is 5. The highest BCUT2D eigenvalue weighted by atomic mass is 32.2. The standard InChI is InChI=1S/C15H14F5N3O2S/c1-3-26-10-5-4-6-21-13(10)12-9(24)7-11(23(2)22-12)25-8-14(16,17)15(18,19)20/h4-7H,3,8H2,1-2H3. The van der Waals surface area contributed by atoms with E-state index >= 15 is 0 Å². The Hall–Kier alpha value is -2.17. The van der Waals surface area contributed by atoms with E-state index < -0.39 is 30.0 Å². The van der Waals surface area contributed by atoms with Crippen molar-refractivity contribution in [3.8, 4) is 17.3 Å². The van der Waals surface area contributed by atoms with Crippen LogP contribution in [0.15, 0.2) is 34.1 Å². The van der Waals surface area contributed by atoms with Crippen LogP contribution in [-0.4, -0.2) is 39.2 Å². The van der Waals surface area contributed by atoms with Gasteiger partial charge in [-0.15, -0.1) is 11.8 Å². The van der Waals surface area contributed by atoms with Crippen LogP contribution in [0.2, 0.25) is 0 Å². The maximum atomic E-state index is 13.0. The van der Waals surface area contributed by atoms with Gasteiger partial charge < -0.3 is 4.74 Å². The van der Waals surface area contributed by atoms with Crippen molar-refractivity contribution >= 4 is 11.8 Å². The molecule has 0 aromatic carbocycles. The summed E-state index contributed by atoms with van der Waals surface area (Å²) >= 11 is 1.43. The smallest absolute Gasteiger partial charge is 0.456 e. The van der Waals surface area contributed by atoms with Crippen LogP contribution in [-0.2, 0) is 7.05 Å². The van der Waals surface area contributed by atoms with Crippen LogP contribution in [0, 0.1) is 0 Å². The fourth-order valence-corrected chi connectivity index (χ4v) is 2.68. The summed E-state index contributed by atoms with van der Waals surface area (Å²) in [4.78, 5) is 17.1. The molecule has 0 radical (unpaired) electrons. The van der Waals surface area contributed by atoms with Gasteiger partial charge in [0.1, 0.15) is 5.69 Å². The summed E-state index contributed by atoms with van der Waals surface area (Å²) < 4.78 is 67.9. The Morgan fingerprint density at radius 3 is 2.54 bits per heavy atom. The Morgan fingerprint density at radius 2 is 1.92 bits per heavy atom. The number of halogens is 5. The second kappa shape index (κ2) is 7.60. The van der Waals surface area contributed by atoms with Crippen LogP contribution >= 0.6 is 11.8 Å². The molecule has 0 atom stereocenters. The molecular weight excluding hydrogens is 381 g/mol. The predicted molar refractivity (Wildman–Crippen MR) is 85.6 cm³/mol. The number of aromatic nitrogens is 3. The number of ether oxygens (including phenoxy) is 1. The van der Waals surface area contributed by atoms with Gasteiger partial charge in [0.25, 0.3) is 0 Å². The lowest BCUT2D eigenvalue weighted by atomic mass is 10.2. The fourth-order valence-electron chi connectivity index (χ4n) is 1.91. The quantitative estimate of drug-likeness (QED) is 0.553. The molecule has 26 heavy (non-hydrogen) atoms. The van der Waals surface area contributed by atoms with Crippen LogP contribution < -0.4 is 10.2 Å². The van der Waals surface area contributed by atoms with Gasteiger partial charge in [-0.05, 0) is 17.9 Å². The zero-order valence-electron chi connectivity index (χ0n) is 13.7. The first-order chi connectivity index (χ1) is 12.1. The van der Waals surface area contributed by atoms with E-state index in [1.807, 2.05) is 6.92 Å². The topological polar surface area (TPSA) is 57.0 Å². The number of thioether (sulfide) groups is 1. The molecule has 2 aromatic rings. The number of aryl methyl sites for hydroxylation is 1. The van der Waals surface area contributed by atoms with Crippen molar-refractivity contribution in [2.75, 3.05) is 12.4 Å². The molecule has 0 saturated heterocycles. The number of pyridine rings is 1. The van der Waals surface area contributed by atoms with E-state index in [-0.39, 0.29) is 5.69 Å². The summed E-state index contributed by atoms with van der Waals surface area (Å²) in [6.45, 7) is -0.0456. The highest BCUT2D eigenvalue weighted by Gasteiger charge is 2.58. The maximum Gasteiger partial charge on any atom is 0.456 e. The highest BCUT2D eigenvalue weighted by Crippen LogP contribution is 2.35. The zero-order valence-corrected chi connectivity index (χ0v) is 14.5. The average molecular weight is 395 g/mol. The molecule has 0 unspecified atom stereocenters. The summed E-state index contributed by atoms with van der Waals surface area (Å²) in [7, 11) is 1.26. The Labute approximate surface area is 149 Å². The average Bonchev–Trinajstić information content (AvgIpc) is 2.55. The van der Waals surface area contributed by atoms with Crippen molar-refractivity contribution in [1.82, 2.24) is 14.8 Å². The number of alkyl halides is 5. The summed E-state index contributed by atoms with van der Waals surface area (Å²) in [5.41, 5.74) is -0.462. The Balaban J connectivity index is 2.34. The number of rotatable bonds is 6. The predicted octanol–water partition coefficient (Wildman–Crippen LogP) is 3.53. The van der Waals surface area contributed by atoms with Gasteiger partial charge in [0, 0.05) is 24.2 Å². The van der Waals surface area contributed by atoms with Crippen LogP contribution in [0.25, 0.3) is 11.4 Å². The van der Waals surface area contributed by atoms with Crippen molar-refractivity contribution in [3.05, 3.63) is 34.6 Å². The van der Waals surface area contributed by atoms with E-state index in [1.54, 1.807) is 12.1 Å². The molecule has 142 valence electrons. The SMILES string of the molecule is CCSc1cccnc1-c1nn(C)c(OCC(F)(F)C(F)(F)F)cc1=O. The number of nitrogens with zero attached hydrogens (tertiary/aromatic N) is 3. The summed E-state index contributed by atoms with van der Waals surface area (Å²) in [5, 5.41) is 3.93. The minimum absolute atomic E-state index is 0.0565. The zero-order chi connectivity index (χ0) is 19.5. The van der Waals surface area contributed by atoms with Gasteiger partial charge >= 0.3 is 12.1 Å². The minimum atomic E-state index is -5.75. The maximum absolute atomic E-state index is 13.0. The van der Waals surface area contributed by atoms with Gasteiger partial charge in [0.15, 0.2) is 12.3 Å². The van der Waals surface area contributed by atoms with Gasteiger partial charge in [-0.25, -0.2) is 4.68 Å². The molecule has 0 aliphatic carbocycles. The first kappa shape index (κ1) is 20.1. The summed E-state index contributed by atoms with van der Waals surface area (Å²) in [6, 6.07) is 4.23. The van der Waals surface area contributed by atoms with Crippen molar-refractivity contribution in [2.45, 2.75) is 23.9 Å². The van der Waals surface area contributed by atoms with Gasteiger partial charge in [-0.1, -0.05) is 6.92 Å². The van der Waals surface area contributed by atoms with Crippen molar-refractivity contribution in [2.24, 2.45) is 7.05 Å². The fraction of sp³-hybridized carbons (Fsp3) is 0.400. The van der Waals surface area contributed by atoms with Crippen LogP contribution in [0.4, 0.5) is 22.0 Å². The summed E-state index contributed by atoms with van der Waals surface area (Å²) in [5.74, 6) is -4.84. The second-order valence-electron chi connectivity index (χ2n) is 5.09. The largest absolute Gasteiger partial charge is 0.471 e. The van der Waals surface area contributed by atoms with E-state index in [2.05, 4.69) is 14.8 Å². The van der Waals surface area contributed by atoms with Crippen LogP contribution in [0.5, 0.6) is 5.88 Å². The molecule has 2 heterocycles. The lowest BCUT2D eigenvalue weighted by molar-refractivity contribution is -0.290. The second-order valence-corrected chi connectivity index (χ2v) is 6.40. The normalized spacial score (nSPS) is 12.3. The first-order valence-corrected chi connectivity index (χ1v) is 8.29. The monoisotopic (exact) mass is 395 g/mol. The molecule has 0 aliphatic rings. The van der Waals surface area contributed by atoms with E-state index in [9.17, 15) is 26.7 Å². The van der Waals surface area contributed by atoms with Gasteiger partial charge in [0.05, 0.1) is 0 Å². The third-order valence-corrected chi connectivity index (χ3v) is 4.10. The van der Waals surface area contributed by atoms with E-state index in [4.69, 9.17) is 0 Å². The van der Waals surface area contributed by atoms with Gasteiger partial charge in [-0.2, -0.15) is 27.1 Å². The molecule has 11 heteroatoms. The third-order valence-electron chi connectivity index (χ3n) is 3.17. The lowest BCUT2D eigenvalue weighted by Crippen LogP contribution is -2.42. The molecule has 0 spiro atoms. The molecule has 0 N–H and O–H groups in total. The molecule has 0 saturated carbocycles. The van der Waals surface area contributed by atoms with Crippen molar-refractivity contribution in [3.63, 3.8) is 0 Å². The van der Waals surface area contributed by atoms with Crippen LogP contribution in [0.1, 0.15) is 6.92 Å². The number of hydrogen-bond donors (Lipinski definition) is 0. The molecule has 0 amide bonds. The van der Waals surface area contributed by atoms with E-state index in [1.165, 1.54) is 25.0 Å². The van der Waals surface area contributed by atoms with Crippen LogP contribution in [0.3, 0.4) is 0 Å². The molecule has 0 bridgehead atoms. The Morgan fingerprint density at radius 1 is 1.23 bits per heavy atom. The molecule has 5 nitrogen and oxygen atoms in total.